The first kappa shape index (κ1) is 13.9. The van der Waals surface area contributed by atoms with E-state index in [1.165, 1.54) is 0 Å². The molecule has 1 aliphatic heterocycles. The minimum atomic E-state index is -0.649. The van der Waals surface area contributed by atoms with E-state index in [1.807, 2.05) is 30.3 Å². The molecule has 108 valence electrons. The van der Waals surface area contributed by atoms with E-state index in [4.69, 9.17) is 22.1 Å². The number of amides is 1. The molecule has 0 spiro atoms. The van der Waals surface area contributed by atoms with Gasteiger partial charge in [-0.2, -0.15) is 0 Å². The van der Waals surface area contributed by atoms with Gasteiger partial charge in [-0.05, 0) is 35.9 Å². The fraction of sp³-hybridized carbons (Fsp3) is 0.188. The van der Waals surface area contributed by atoms with Crippen molar-refractivity contribution >= 4 is 23.2 Å². The number of hydrogen-bond donors (Lipinski definition) is 1. The highest BCUT2D eigenvalue weighted by atomic mass is 35.5. The third-order valence-corrected chi connectivity index (χ3v) is 3.86. The maximum atomic E-state index is 12.4. The Morgan fingerprint density at radius 1 is 1.29 bits per heavy atom. The van der Waals surface area contributed by atoms with Gasteiger partial charge >= 0.3 is 0 Å². The van der Waals surface area contributed by atoms with Crippen LogP contribution in [0.1, 0.15) is 17.2 Å². The molecule has 1 atom stereocenters. The summed E-state index contributed by atoms with van der Waals surface area (Å²) in [6.07, 6.45) is 0. The molecule has 5 heteroatoms. The second-order valence-corrected chi connectivity index (χ2v) is 5.39. The number of anilines is 1. The Balaban J connectivity index is 1.94. The predicted molar refractivity (Wildman–Crippen MR) is 82.6 cm³/mol. The van der Waals surface area contributed by atoms with Crippen LogP contribution in [-0.4, -0.2) is 13.0 Å². The average molecular weight is 303 g/mol. The van der Waals surface area contributed by atoms with Gasteiger partial charge in [0, 0.05) is 16.3 Å². The molecule has 0 saturated carbocycles. The molecule has 1 amide bonds. The van der Waals surface area contributed by atoms with E-state index in [0.29, 0.717) is 11.6 Å². The molecular weight excluding hydrogens is 288 g/mol. The molecule has 2 aromatic carbocycles. The van der Waals surface area contributed by atoms with Gasteiger partial charge in [0.2, 0.25) is 5.91 Å². The van der Waals surface area contributed by atoms with Crippen LogP contribution in [0.15, 0.2) is 42.5 Å². The lowest BCUT2D eigenvalue weighted by molar-refractivity contribution is -0.119. The summed E-state index contributed by atoms with van der Waals surface area (Å²) in [6, 6.07) is 12.3. The molecule has 3 rings (SSSR count). The van der Waals surface area contributed by atoms with Gasteiger partial charge in [-0.1, -0.05) is 23.7 Å². The Kier molecular flexibility index (Phi) is 3.57. The maximum absolute atomic E-state index is 12.4. The zero-order chi connectivity index (χ0) is 15.0. The molecule has 4 nitrogen and oxygen atoms in total. The lowest BCUT2D eigenvalue weighted by Gasteiger charge is -2.18. The number of carbonyl (C=O) groups excluding carboxylic acids is 1. The third kappa shape index (κ3) is 2.48. The highest BCUT2D eigenvalue weighted by molar-refractivity contribution is 6.31. The van der Waals surface area contributed by atoms with Gasteiger partial charge < -0.3 is 15.4 Å². The number of nitrogens with two attached hydrogens (primary N) is 1. The van der Waals surface area contributed by atoms with Crippen LogP contribution in [-0.2, 0) is 11.3 Å². The van der Waals surface area contributed by atoms with Crippen LogP contribution < -0.4 is 15.4 Å². The molecule has 1 unspecified atom stereocenters. The van der Waals surface area contributed by atoms with Gasteiger partial charge in [0.1, 0.15) is 11.8 Å². The lowest BCUT2D eigenvalue weighted by atomic mass is 10.1. The van der Waals surface area contributed by atoms with Gasteiger partial charge in [-0.3, -0.25) is 4.79 Å². The van der Waals surface area contributed by atoms with Crippen LogP contribution in [0.2, 0.25) is 5.02 Å². The maximum Gasteiger partial charge on any atom is 0.248 e. The van der Waals surface area contributed by atoms with Crippen LogP contribution in [0.5, 0.6) is 5.75 Å². The number of benzene rings is 2. The number of methoxy groups -OCH3 is 1. The van der Waals surface area contributed by atoms with Crippen LogP contribution in [0.4, 0.5) is 5.69 Å². The number of rotatable bonds is 3. The van der Waals surface area contributed by atoms with Crippen LogP contribution >= 0.6 is 11.6 Å². The first-order valence-electron chi connectivity index (χ1n) is 6.59. The van der Waals surface area contributed by atoms with E-state index in [-0.39, 0.29) is 5.91 Å². The lowest BCUT2D eigenvalue weighted by Crippen LogP contribution is -2.31. The molecule has 0 saturated heterocycles. The van der Waals surface area contributed by atoms with Crippen molar-refractivity contribution < 1.29 is 9.53 Å². The predicted octanol–water partition coefficient (Wildman–Crippen LogP) is 2.90. The molecule has 0 bridgehead atoms. The second kappa shape index (κ2) is 5.39. The largest absolute Gasteiger partial charge is 0.497 e. The number of carbonyl (C=O) groups is 1. The number of nitrogens with zero attached hydrogens (tertiary/aromatic N) is 1. The Labute approximate surface area is 128 Å². The van der Waals surface area contributed by atoms with E-state index in [2.05, 4.69) is 0 Å². The molecule has 0 aromatic heterocycles. The van der Waals surface area contributed by atoms with Crippen molar-refractivity contribution in [1.82, 2.24) is 0 Å². The van der Waals surface area contributed by atoms with Gasteiger partial charge in [-0.15, -0.1) is 0 Å². The second-order valence-electron chi connectivity index (χ2n) is 4.96. The molecule has 0 radical (unpaired) electrons. The van der Waals surface area contributed by atoms with Crippen LogP contribution in [0.3, 0.4) is 0 Å². The van der Waals surface area contributed by atoms with Gasteiger partial charge in [0.25, 0.3) is 0 Å². The summed E-state index contributed by atoms with van der Waals surface area (Å²) in [7, 11) is 1.62. The zero-order valence-electron chi connectivity index (χ0n) is 11.5. The topological polar surface area (TPSA) is 55.6 Å². The quantitative estimate of drug-likeness (QED) is 0.948. The van der Waals surface area contributed by atoms with Crippen LogP contribution in [0, 0.1) is 0 Å². The highest BCUT2D eigenvalue weighted by Gasteiger charge is 2.34. The fourth-order valence-corrected chi connectivity index (χ4v) is 2.74. The number of fused-ring (bicyclic) bond motifs is 1. The van der Waals surface area contributed by atoms with Gasteiger partial charge in [0.15, 0.2) is 0 Å². The summed E-state index contributed by atoms with van der Waals surface area (Å²) in [5, 5.41) is 0.584. The number of ether oxygens (including phenoxy) is 1. The monoisotopic (exact) mass is 302 g/mol. The van der Waals surface area contributed by atoms with Crippen molar-refractivity contribution in [2.75, 3.05) is 12.0 Å². The molecule has 0 aliphatic carbocycles. The zero-order valence-corrected chi connectivity index (χ0v) is 12.3. The number of halogens is 1. The van der Waals surface area contributed by atoms with Crippen molar-refractivity contribution in [3.05, 3.63) is 58.6 Å². The highest BCUT2D eigenvalue weighted by Crippen LogP contribution is 2.37. The fourth-order valence-electron chi connectivity index (χ4n) is 2.56. The molecule has 2 aromatic rings. The Hall–Kier alpha value is -2.04. The van der Waals surface area contributed by atoms with Crippen LogP contribution in [0.25, 0.3) is 0 Å². The van der Waals surface area contributed by atoms with Crippen molar-refractivity contribution in [1.29, 1.82) is 0 Å². The van der Waals surface area contributed by atoms with E-state index in [0.717, 1.165) is 22.6 Å². The molecule has 2 N–H and O–H groups in total. The number of hydrogen-bond acceptors (Lipinski definition) is 3. The molecule has 1 heterocycles. The van der Waals surface area contributed by atoms with Crippen molar-refractivity contribution in [3.63, 3.8) is 0 Å². The smallest absolute Gasteiger partial charge is 0.248 e. The normalized spacial score (nSPS) is 17.0. The standard InChI is InChI=1S/C16H15ClN2O2/c1-21-12-4-2-3-10(7-12)9-19-14-6-5-11(17)8-13(14)15(18)16(19)20/h2-8,15H,9,18H2,1H3. The summed E-state index contributed by atoms with van der Waals surface area (Å²) < 4.78 is 5.21. The first-order chi connectivity index (χ1) is 10.1. The summed E-state index contributed by atoms with van der Waals surface area (Å²) in [6.45, 7) is 0.457. The van der Waals surface area contributed by atoms with Gasteiger partial charge in [0.05, 0.1) is 13.7 Å². The van der Waals surface area contributed by atoms with E-state index in [9.17, 15) is 4.79 Å². The summed E-state index contributed by atoms with van der Waals surface area (Å²) in [4.78, 5) is 14.0. The molecular formula is C16H15ClN2O2. The average Bonchev–Trinajstić information content (AvgIpc) is 2.72. The minimum absolute atomic E-state index is 0.116. The van der Waals surface area contributed by atoms with Crippen molar-refractivity contribution in [2.45, 2.75) is 12.6 Å². The summed E-state index contributed by atoms with van der Waals surface area (Å²) >= 11 is 5.98. The van der Waals surface area contributed by atoms with E-state index < -0.39 is 6.04 Å². The van der Waals surface area contributed by atoms with Crippen molar-refractivity contribution in [2.24, 2.45) is 5.73 Å². The Bertz CT molecular complexity index is 702. The van der Waals surface area contributed by atoms with E-state index in [1.54, 1.807) is 24.1 Å². The third-order valence-electron chi connectivity index (χ3n) is 3.62. The molecule has 21 heavy (non-hydrogen) atoms. The van der Waals surface area contributed by atoms with Gasteiger partial charge in [-0.25, -0.2) is 0 Å². The first-order valence-corrected chi connectivity index (χ1v) is 6.97. The minimum Gasteiger partial charge on any atom is -0.497 e. The summed E-state index contributed by atoms with van der Waals surface area (Å²) in [5.74, 6) is 0.648. The Morgan fingerprint density at radius 2 is 2.10 bits per heavy atom. The molecule has 0 fully saturated rings. The van der Waals surface area contributed by atoms with Crippen molar-refractivity contribution in [3.8, 4) is 5.75 Å². The Morgan fingerprint density at radius 3 is 2.86 bits per heavy atom. The van der Waals surface area contributed by atoms with E-state index >= 15 is 0 Å². The molecule has 1 aliphatic rings. The SMILES string of the molecule is COc1cccc(CN2C(=O)C(N)c3cc(Cl)ccc32)c1. The summed E-state index contributed by atoms with van der Waals surface area (Å²) in [5.41, 5.74) is 8.56.